The Balaban J connectivity index is 1.70. The van der Waals surface area contributed by atoms with Gasteiger partial charge in [0.05, 0.1) is 11.4 Å². The molecule has 1 aliphatic carbocycles. The number of hydrogen-bond donors (Lipinski definition) is 2. The van der Waals surface area contributed by atoms with Crippen molar-refractivity contribution in [3.63, 3.8) is 0 Å². The molecule has 2 fully saturated rings. The van der Waals surface area contributed by atoms with E-state index in [-0.39, 0.29) is 33.3 Å². The molecular weight excluding hydrogens is 511 g/mol. The molecule has 0 spiro atoms. The van der Waals surface area contributed by atoms with Gasteiger partial charge < -0.3 is 24.8 Å². The number of benzene rings is 2. The fourth-order valence-corrected chi connectivity index (χ4v) is 5.24. The first-order chi connectivity index (χ1) is 18.0. The zero-order valence-corrected chi connectivity index (χ0v) is 23.3. The molecule has 0 atom stereocenters. The minimum absolute atomic E-state index is 0.0256. The lowest BCUT2D eigenvalue weighted by atomic mass is 9.75. The first-order valence-corrected chi connectivity index (χ1v) is 13.8. The minimum atomic E-state index is -0.886. The number of halogens is 3. The summed E-state index contributed by atoms with van der Waals surface area (Å²) in [6.45, 7) is 9.81. The van der Waals surface area contributed by atoms with Gasteiger partial charge in [-0.15, -0.1) is 0 Å². The van der Waals surface area contributed by atoms with E-state index in [2.05, 4.69) is 29.4 Å². The van der Waals surface area contributed by atoms with E-state index in [1.165, 1.54) is 18.6 Å². The Morgan fingerprint density at radius 1 is 1.11 bits per heavy atom. The van der Waals surface area contributed by atoms with Crippen LogP contribution in [0.2, 0.25) is 5.02 Å². The van der Waals surface area contributed by atoms with E-state index >= 15 is 4.39 Å². The molecule has 38 heavy (non-hydrogen) atoms. The number of rotatable bonds is 7. The predicted molar refractivity (Wildman–Crippen MR) is 151 cm³/mol. The molecule has 2 N–H and O–H groups in total. The summed E-state index contributed by atoms with van der Waals surface area (Å²) in [4.78, 5) is 15.3. The van der Waals surface area contributed by atoms with E-state index in [0.717, 1.165) is 31.7 Å². The average Bonchev–Trinajstić information content (AvgIpc) is 2.86. The molecule has 0 unspecified atom stereocenters. The number of hydrogen-bond acceptors (Lipinski definition) is 4. The van der Waals surface area contributed by atoms with Gasteiger partial charge in [0.25, 0.3) is 0 Å². The number of carbonyl (C=O) groups excluding carboxylic acids is 1. The van der Waals surface area contributed by atoms with Gasteiger partial charge in [-0.05, 0) is 43.0 Å². The minimum Gasteiger partial charge on any atom is -0.407 e. The van der Waals surface area contributed by atoms with Gasteiger partial charge >= 0.3 is 13.1 Å². The van der Waals surface area contributed by atoms with Crippen molar-refractivity contribution < 1.29 is 22.9 Å². The summed E-state index contributed by atoms with van der Waals surface area (Å²) in [5.74, 6) is -0.988. The molecule has 2 aliphatic rings. The topological polar surface area (TPSA) is 62.8 Å². The normalized spacial score (nSPS) is 17.9. The molecule has 2 amide bonds. The molecule has 0 bridgehead atoms. The maximum Gasteiger partial charge on any atom is 0.497 e. The van der Waals surface area contributed by atoms with Crippen LogP contribution in [-0.2, 0) is 9.31 Å². The quantitative estimate of drug-likeness (QED) is 0.373. The number of nitrogens with one attached hydrogen (secondary N) is 2. The number of carbonyl (C=O) groups is 1. The SMILES string of the molecule is CC(C)CN(c1ccc(B2OCC(C)(C)CO2)c(F)c1NC(=O)Nc1ccc(Cl)cc1F)C1CCCCC1. The van der Waals surface area contributed by atoms with E-state index in [4.69, 9.17) is 20.9 Å². The molecule has 2 aromatic carbocycles. The molecule has 206 valence electrons. The average molecular weight is 548 g/mol. The highest BCUT2D eigenvalue weighted by molar-refractivity contribution is 6.61. The van der Waals surface area contributed by atoms with Crippen LogP contribution in [0.25, 0.3) is 0 Å². The summed E-state index contributed by atoms with van der Waals surface area (Å²) in [6.07, 6.45) is 5.41. The highest BCUT2D eigenvalue weighted by atomic mass is 35.5. The van der Waals surface area contributed by atoms with E-state index in [1.54, 1.807) is 6.07 Å². The lowest BCUT2D eigenvalue weighted by Crippen LogP contribution is -2.49. The monoisotopic (exact) mass is 547 g/mol. The number of amides is 2. The Labute approximate surface area is 229 Å². The van der Waals surface area contributed by atoms with Gasteiger partial charge in [-0.25, -0.2) is 13.6 Å². The Kier molecular flexibility index (Phi) is 9.21. The third-order valence-electron chi connectivity index (χ3n) is 6.96. The summed E-state index contributed by atoms with van der Waals surface area (Å²) >= 11 is 5.84. The lowest BCUT2D eigenvalue weighted by Gasteiger charge is -2.39. The summed E-state index contributed by atoms with van der Waals surface area (Å²) in [5.41, 5.74) is 0.598. The smallest absolute Gasteiger partial charge is 0.407 e. The summed E-state index contributed by atoms with van der Waals surface area (Å²) in [7, 11) is -0.886. The van der Waals surface area contributed by atoms with E-state index in [0.29, 0.717) is 31.4 Å². The van der Waals surface area contributed by atoms with Crippen LogP contribution in [0.5, 0.6) is 0 Å². The Morgan fingerprint density at radius 3 is 2.42 bits per heavy atom. The van der Waals surface area contributed by atoms with E-state index in [1.807, 2.05) is 19.9 Å². The fraction of sp³-hybridized carbons (Fsp3) is 0.536. The molecule has 0 radical (unpaired) electrons. The molecule has 6 nitrogen and oxygen atoms in total. The third-order valence-corrected chi connectivity index (χ3v) is 7.19. The highest BCUT2D eigenvalue weighted by Crippen LogP contribution is 2.35. The van der Waals surface area contributed by atoms with Crippen LogP contribution in [0.15, 0.2) is 30.3 Å². The van der Waals surface area contributed by atoms with Crippen LogP contribution in [-0.4, -0.2) is 38.9 Å². The van der Waals surface area contributed by atoms with Crippen LogP contribution < -0.4 is 21.0 Å². The maximum atomic E-state index is 16.3. The van der Waals surface area contributed by atoms with Crippen LogP contribution in [0.3, 0.4) is 0 Å². The molecule has 2 aromatic rings. The standard InChI is InChI=1S/C28H37BClF2N3O3/c1-18(2)15-35(20-8-6-5-7-9-20)24-13-11-21(29-37-16-28(3,4)17-38-29)25(32)26(24)34-27(36)33-23-12-10-19(30)14-22(23)31/h10-14,18,20H,5-9,15-17H2,1-4H3,(H2,33,34,36). The van der Waals surface area contributed by atoms with Crippen LogP contribution in [0.4, 0.5) is 30.6 Å². The van der Waals surface area contributed by atoms with Crippen LogP contribution >= 0.6 is 11.6 Å². The second-order valence-electron chi connectivity index (χ2n) is 11.5. The molecule has 10 heteroatoms. The van der Waals surface area contributed by atoms with E-state index < -0.39 is 24.8 Å². The molecule has 1 saturated carbocycles. The van der Waals surface area contributed by atoms with Crippen molar-refractivity contribution >= 4 is 47.3 Å². The van der Waals surface area contributed by atoms with Crippen molar-refractivity contribution in [3.8, 4) is 0 Å². The zero-order valence-electron chi connectivity index (χ0n) is 22.6. The van der Waals surface area contributed by atoms with Gasteiger partial charge in [0.1, 0.15) is 17.3 Å². The van der Waals surface area contributed by atoms with Crippen molar-refractivity contribution in [1.82, 2.24) is 0 Å². The summed E-state index contributed by atoms with van der Waals surface area (Å²) in [5, 5.41) is 5.37. The number of urea groups is 1. The van der Waals surface area contributed by atoms with E-state index in [9.17, 15) is 9.18 Å². The van der Waals surface area contributed by atoms with Gasteiger partial charge in [-0.1, -0.05) is 64.6 Å². The van der Waals surface area contributed by atoms with Crippen LogP contribution in [0.1, 0.15) is 59.8 Å². The van der Waals surface area contributed by atoms with Gasteiger partial charge in [-0.3, -0.25) is 0 Å². The lowest BCUT2D eigenvalue weighted by molar-refractivity contribution is 0.0340. The Hall–Kier alpha value is -2.36. The van der Waals surface area contributed by atoms with Crippen molar-refractivity contribution in [3.05, 3.63) is 47.0 Å². The molecule has 1 aliphatic heterocycles. The molecule has 0 aromatic heterocycles. The van der Waals surface area contributed by atoms with Gasteiger partial charge in [-0.2, -0.15) is 0 Å². The van der Waals surface area contributed by atoms with Crippen LogP contribution in [0, 0.1) is 23.0 Å². The largest absolute Gasteiger partial charge is 0.497 e. The van der Waals surface area contributed by atoms with Gasteiger partial charge in [0.2, 0.25) is 0 Å². The first kappa shape index (κ1) is 28.6. The van der Waals surface area contributed by atoms with Gasteiger partial charge in [0.15, 0.2) is 0 Å². The molecule has 1 heterocycles. The van der Waals surface area contributed by atoms with Crippen molar-refractivity contribution in [1.29, 1.82) is 0 Å². The molecule has 1 saturated heterocycles. The first-order valence-electron chi connectivity index (χ1n) is 13.4. The second kappa shape index (κ2) is 12.2. The molecular formula is C28H37BClF2N3O3. The maximum absolute atomic E-state index is 16.3. The third kappa shape index (κ3) is 6.99. The fourth-order valence-electron chi connectivity index (χ4n) is 5.08. The Morgan fingerprint density at radius 2 is 1.79 bits per heavy atom. The summed E-state index contributed by atoms with van der Waals surface area (Å²) < 4.78 is 42.4. The van der Waals surface area contributed by atoms with Crippen molar-refractivity contribution in [2.75, 3.05) is 35.3 Å². The van der Waals surface area contributed by atoms with Crippen molar-refractivity contribution in [2.24, 2.45) is 11.3 Å². The van der Waals surface area contributed by atoms with Gasteiger partial charge in [0, 0.05) is 41.7 Å². The highest BCUT2D eigenvalue weighted by Gasteiger charge is 2.37. The van der Waals surface area contributed by atoms with Crippen molar-refractivity contribution in [2.45, 2.75) is 65.8 Å². The predicted octanol–water partition coefficient (Wildman–Crippen LogP) is 6.83. The Bertz CT molecular complexity index is 1130. The number of nitrogens with zero attached hydrogens (tertiary/aromatic N) is 1. The second-order valence-corrected chi connectivity index (χ2v) is 12.0. The number of anilines is 3. The summed E-state index contributed by atoms with van der Waals surface area (Å²) in [6, 6.07) is 6.94. The molecule has 4 rings (SSSR count). The zero-order chi connectivity index (χ0) is 27.4.